The summed E-state index contributed by atoms with van der Waals surface area (Å²) in [5.41, 5.74) is 1.89. The van der Waals surface area contributed by atoms with Gasteiger partial charge < -0.3 is 15.5 Å². The van der Waals surface area contributed by atoms with E-state index in [-0.39, 0.29) is 0 Å². The van der Waals surface area contributed by atoms with E-state index in [0.29, 0.717) is 6.42 Å². The standard InChI is InChI=1S/C10H11NO3/c12-8-5-6-3-1-2-4-7(6)9(8)11-10(13)14/h1-4,8-9,11-12H,5H2,(H,13,14)/t8-,9+/m1/s1. The average molecular weight is 193 g/mol. The fourth-order valence-corrected chi connectivity index (χ4v) is 1.88. The fraction of sp³-hybridized carbons (Fsp3) is 0.300. The van der Waals surface area contributed by atoms with Gasteiger partial charge in [-0.1, -0.05) is 24.3 Å². The molecule has 0 heterocycles. The number of amides is 1. The lowest BCUT2D eigenvalue weighted by Gasteiger charge is -2.15. The molecular weight excluding hydrogens is 182 g/mol. The zero-order chi connectivity index (χ0) is 10.1. The molecule has 0 saturated carbocycles. The monoisotopic (exact) mass is 193 g/mol. The maximum Gasteiger partial charge on any atom is 0.405 e. The first-order valence-electron chi connectivity index (χ1n) is 4.44. The van der Waals surface area contributed by atoms with Gasteiger partial charge in [-0.2, -0.15) is 0 Å². The molecule has 14 heavy (non-hydrogen) atoms. The number of rotatable bonds is 1. The molecule has 74 valence electrons. The van der Waals surface area contributed by atoms with Crippen LogP contribution in [-0.4, -0.2) is 22.4 Å². The predicted molar refractivity (Wildman–Crippen MR) is 50.1 cm³/mol. The second-order valence-corrected chi connectivity index (χ2v) is 3.40. The summed E-state index contributed by atoms with van der Waals surface area (Å²) in [6, 6.07) is 6.99. The van der Waals surface area contributed by atoms with Crippen molar-refractivity contribution in [2.24, 2.45) is 0 Å². The van der Waals surface area contributed by atoms with Crippen LogP contribution in [-0.2, 0) is 6.42 Å². The Morgan fingerprint density at radius 3 is 2.86 bits per heavy atom. The highest BCUT2D eigenvalue weighted by atomic mass is 16.4. The van der Waals surface area contributed by atoms with Crippen molar-refractivity contribution in [3.8, 4) is 0 Å². The van der Waals surface area contributed by atoms with Gasteiger partial charge in [0, 0.05) is 6.42 Å². The summed E-state index contributed by atoms with van der Waals surface area (Å²) in [5, 5.41) is 20.5. The summed E-state index contributed by atoms with van der Waals surface area (Å²) in [6.45, 7) is 0. The molecule has 0 saturated heterocycles. The molecule has 0 unspecified atom stereocenters. The SMILES string of the molecule is O=C(O)N[C@H]1c2ccccc2C[C@H]1O. The van der Waals surface area contributed by atoms with Crippen LogP contribution in [0.5, 0.6) is 0 Å². The normalized spacial score (nSPS) is 24.4. The van der Waals surface area contributed by atoms with Crippen molar-refractivity contribution in [1.82, 2.24) is 5.32 Å². The molecule has 2 rings (SSSR count). The van der Waals surface area contributed by atoms with Gasteiger partial charge >= 0.3 is 6.09 Å². The van der Waals surface area contributed by atoms with E-state index in [2.05, 4.69) is 5.32 Å². The summed E-state index contributed by atoms with van der Waals surface area (Å²) in [6.07, 6.45) is -1.24. The Kier molecular flexibility index (Phi) is 2.13. The van der Waals surface area contributed by atoms with E-state index in [1.807, 2.05) is 24.3 Å². The van der Waals surface area contributed by atoms with Crippen molar-refractivity contribution in [3.63, 3.8) is 0 Å². The van der Waals surface area contributed by atoms with Crippen molar-refractivity contribution < 1.29 is 15.0 Å². The molecule has 2 atom stereocenters. The number of carbonyl (C=O) groups is 1. The Labute approximate surface area is 81.2 Å². The Balaban J connectivity index is 2.30. The molecule has 0 fully saturated rings. The Hall–Kier alpha value is -1.55. The minimum absolute atomic E-state index is 0.483. The van der Waals surface area contributed by atoms with E-state index < -0.39 is 18.2 Å². The Morgan fingerprint density at radius 1 is 1.43 bits per heavy atom. The molecule has 0 spiro atoms. The molecule has 0 aliphatic heterocycles. The average Bonchev–Trinajstić information content (AvgIpc) is 2.43. The largest absolute Gasteiger partial charge is 0.465 e. The smallest absolute Gasteiger partial charge is 0.405 e. The second kappa shape index (κ2) is 3.31. The van der Waals surface area contributed by atoms with Crippen molar-refractivity contribution in [2.75, 3.05) is 0 Å². The quantitative estimate of drug-likeness (QED) is 0.621. The maximum atomic E-state index is 10.5. The lowest BCUT2D eigenvalue weighted by molar-refractivity contribution is 0.131. The Bertz CT molecular complexity index is 364. The second-order valence-electron chi connectivity index (χ2n) is 3.40. The molecule has 3 N–H and O–H groups in total. The topological polar surface area (TPSA) is 69.6 Å². The van der Waals surface area contributed by atoms with Crippen LogP contribution in [0.3, 0.4) is 0 Å². The van der Waals surface area contributed by atoms with E-state index in [4.69, 9.17) is 5.11 Å². The van der Waals surface area contributed by atoms with E-state index >= 15 is 0 Å². The van der Waals surface area contributed by atoms with Gasteiger partial charge in [-0.3, -0.25) is 0 Å². The van der Waals surface area contributed by atoms with E-state index in [9.17, 15) is 9.90 Å². The molecular formula is C10H11NO3. The van der Waals surface area contributed by atoms with Crippen LogP contribution in [0.15, 0.2) is 24.3 Å². The zero-order valence-corrected chi connectivity index (χ0v) is 7.47. The maximum absolute atomic E-state index is 10.5. The van der Waals surface area contributed by atoms with Crippen molar-refractivity contribution in [1.29, 1.82) is 0 Å². The van der Waals surface area contributed by atoms with Gasteiger partial charge in [-0.05, 0) is 11.1 Å². The molecule has 1 aromatic carbocycles. The molecule has 1 aromatic rings. The third-order valence-electron chi connectivity index (χ3n) is 2.48. The van der Waals surface area contributed by atoms with Crippen molar-refractivity contribution >= 4 is 6.09 Å². The number of carboxylic acid groups (broad SMARTS) is 1. The van der Waals surface area contributed by atoms with Gasteiger partial charge in [0.25, 0.3) is 0 Å². The highest BCUT2D eigenvalue weighted by molar-refractivity contribution is 5.66. The van der Waals surface area contributed by atoms with Gasteiger partial charge in [-0.15, -0.1) is 0 Å². The summed E-state index contributed by atoms with van der Waals surface area (Å²) >= 11 is 0. The lowest BCUT2D eigenvalue weighted by atomic mass is 10.1. The molecule has 1 aliphatic rings. The molecule has 4 heteroatoms. The number of hydrogen-bond donors (Lipinski definition) is 3. The van der Waals surface area contributed by atoms with Gasteiger partial charge in [0.15, 0.2) is 0 Å². The van der Waals surface area contributed by atoms with Crippen LogP contribution in [0.4, 0.5) is 4.79 Å². The molecule has 0 aromatic heterocycles. The number of benzene rings is 1. The van der Waals surface area contributed by atoms with Crippen molar-refractivity contribution in [3.05, 3.63) is 35.4 Å². The van der Waals surface area contributed by atoms with Crippen LogP contribution in [0.25, 0.3) is 0 Å². The lowest BCUT2D eigenvalue weighted by Crippen LogP contribution is -2.32. The molecule has 4 nitrogen and oxygen atoms in total. The predicted octanol–water partition coefficient (Wildman–Crippen LogP) is 0.912. The van der Waals surface area contributed by atoms with Gasteiger partial charge in [0.1, 0.15) is 0 Å². The Morgan fingerprint density at radius 2 is 2.14 bits per heavy atom. The number of aliphatic hydroxyl groups excluding tert-OH is 1. The van der Waals surface area contributed by atoms with Crippen LogP contribution < -0.4 is 5.32 Å². The number of aliphatic hydroxyl groups is 1. The van der Waals surface area contributed by atoms with Gasteiger partial charge in [-0.25, -0.2) is 4.79 Å². The van der Waals surface area contributed by atoms with Crippen LogP contribution in [0.2, 0.25) is 0 Å². The first-order chi connectivity index (χ1) is 6.68. The third kappa shape index (κ3) is 1.44. The minimum Gasteiger partial charge on any atom is -0.465 e. The third-order valence-corrected chi connectivity index (χ3v) is 2.48. The number of nitrogens with one attached hydrogen (secondary N) is 1. The number of fused-ring (bicyclic) bond motifs is 1. The summed E-state index contributed by atoms with van der Waals surface area (Å²) in [5.74, 6) is 0. The van der Waals surface area contributed by atoms with Gasteiger partial charge in [0.05, 0.1) is 12.1 Å². The first-order valence-corrected chi connectivity index (χ1v) is 4.44. The fourth-order valence-electron chi connectivity index (χ4n) is 1.88. The molecule has 0 bridgehead atoms. The highest BCUT2D eigenvalue weighted by Crippen LogP contribution is 2.30. The first kappa shape index (κ1) is 9.02. The summed E-state index contributed by atoms with van der Waals surface area (Å²) in [4.78, 5) is 10.5. The highest BCUT2D eigenvalue weighted by Gasteiger charge is 2.31. The summed E-state index contributed by atoms with van der Waals surface area (Å²) in [7, 11) is 0. The minimum atomic E-state index is -1.11. The zero-order valence-electron chi connectivity index (χ0n) is 7.47. The van der Waals surface area contributed by atoms with E-state index in [0.717, 1.165) is 11.1 Å². The van der Waals surface area contributed by atoms with Crippen molar-refractivity contribution in [2.45, 2.75) is 18.6 Å². The van der Waals surface area contributed by atoms with E-state index in [1.165, 1.54) is 0 Å². The van der Waals surface area contributed by atoms with Crippen LogP contribution >= 0.6 is 0 Å². The molecule has 0 radical (unpaired) electrons. The molecule has 1 amide bonds. The summed E-state index contributed by atoms with van der Waals surface area (Å²) < 4.78 is 0. The number of hydrogen-bond acceptors (Lipinski definition) is 2. The molecule has 1 aliphatic carbocycles. The van der Waals surface area contributed by atoms with Crippen LogP contribution in [0, 0.1) is 0 Å². The van der Waals surface area contributed by atoms with E-state index in [1.54, 1.807) is 0 Å². The van der Waals surface area contributed by atoms with Gasteiger partial charge in [0.2, 0.25) is 0 Å². The van der Waals surface area contributed by atoms with Crippen LogP contribution in [0.1, 0.15) is 17.2 Å².